The van der Waals surface area contributed by atoms with Crippen molar-refractivity contribution in [2.75, 3.05) is 26.2 Å². The molecule has 15 heavy (non-hydrogen) atoms. The van der Waals surface area contributed by atoms with Gasteiger partial charge in [-0.3, -0.25) is 4.79 Å². The van der Waals surface area contributed by atoms with Crippen molar-refractivity contribution in [3.63, 3.8) is 0 Å². The first-order valence-corrected chi connectivity index (χ1v) is 5.11. The number of hydrogen-bond acceptors (Lipinski definition) is 4. The van der Waals surface area contributed by atoms with Gasteiger partial charge in [0.15, 0.2) is 0 Å². The summed E-state index contributed by atoms with van der Waals surface area (Å²) in [7, 11) is 0. The Kier molecular flexibility index (Phi) is 4.89. The number of ether oxygens (including phenoxy) is 1. The van der Waals surface area contributed by atoms with Crippen LogP contribution in [-0.2, 0) is 9.53 Å². The molecule has 86 valence electrons. The summed E-state index contributed by atoms with van der Waals surface area (Å²) in [6.07, 6.45) is 1.12. The monoisotopic (exact) mass is 215 g/mol. The molecule has 1 fully saturated rings. The number of piperidine rings is 1. The highest BCUT2D eigenvalue weighted by molar-refractivity contribution is 5.78. The minimum atomic E-state index is -0.816. The zero-order chi connectivity index (χ0) is 11.1. The Bertz CT molecular complexity index is 227. The number of nitrogens with two attached hydrogens (primary N) is 1. The normalized spacial score (nSPS) is 20.7. The van der Waals surface area contributed by atoms with Gasteiger partial charge in [-0.2, -0.15) is 0 Å². The number of nitrogens with one attached hydrogen (secondary N) is 2. The SMILES string of the molecule is NC(=O)OCCNC(=O)C1CCCNC1. The summed E-state index contributed by atoms with van der Waals surface area (Å²) in [5.41, 5.74) is 4.77. The van der Waals surface area contributed by atoms with Gasteiger partial charge in [-0.05, 0) is 19.4 Å². The van der Waals surface area contributed by atoms with Crippen LogP contribution in [0.3, 0.4) is 0 Å². The Morgan fingerprint density at radius 1 is 1.53 bits per heavy atom. The molecule has 1 atom stereocenters. The summed E-state index contributed by atoms with van der Waals surface area (Å²) in [6.45, 7) is 2.15. The molecule has 1 saturated heterocycles. The summed E-state index contributed by atoms with van der Waals surface area (Å²) < 4.78 is 4.49. The molecule has 1 heterocycles. The number of carbonyl (C=O) groups is 2. The predicted molar refractivity (Wildman–Crippen MR) is 54.1 cm³/mol. The number of carbonyl (C=O) groups excluding carboxylic acids is 2. The summed E-state index contributed by atoms with van der Waals surface area (Å²) in [5.74, 6) is 0.0441. The van der Waals surface area contributed by atoms with Crippen LogP contribution in [0.25, 0.3) is 0 Å². The van der Waals surface area contributed by atoms with Gasteiger partial charge in [-0.1, -0.05) is 0 Å². The Balaban J connectivity index is 2.09. The molecule has 6 heteroatoms. The molecule has 0 aromatic heterocycles. The van der Waals surface area contributed by atoms with Gasteiger partial charge in [0.2, 0.25) is 5.91 Å². The van der Waals surface area contributed by atoms with E-state index in [0.717, 1.165) is 25.9 Å². The fourth-order valence-electron chi connectivity index (χ4n) is 1.55. The number of primary amides is 1. The fourth-order valence-corrected chi connectivity index (χ4v) is 1.55. The smallest absolute Gasteiger partial charge is 0.404 e. The van der Waals surface area contributed by atoms with Crippen molar-refractivity contribution >= 4 is 12.0 Å². The molecule has 2 amide bonds. The number of amides is 2. The van der Waals surface area contributed by atoms with Crippen LogP contribution in [0.5, 0.6) is 0 Å². The zero-order valence-electron chi connectivity index (χ0n) is 8.62. The van der Waals surface area contributed by atoms with Gasteiger partial charge < -0.3 is 21.1 Å². The second kappa shape index (κ2) is 6.23. The summed E-state index contributed by atoms with van der Waals surface area (Å²) in [6, 6.07) is 0. The van der Waals surface area contributed by atoms with Crippen molar-refractivity contribution in [1.82, 2.24) is 10.6 Å². The molecule has 0 radical (unpaired) electrons. The van der Waals surface area contributed by atoms with Crippen molar-refractivity contribution in [1.29, 1.82) is 0 Å². The van der Waals surface area contributed by atoms with Crippen molar-refractivity contribution in [2.45, 2.75) is 12.8 Å². The van der Waals surface area contributed by atoms with Gasteiger partial charge in [0.25, 0.3) is 0 Å². The molecule has 0 aromatic carbocycles. The van der Waals surface area contributed by atoms with Crippen LogP contribution in [0, 0.1) is 5.92 Å². The Hall–Kier alpha value is -1.30. The topological polar surface area (TPSA) is 93.5 Å². The minimum absolute atomic E-state index is 0.00951. The van der Waals surface area contributed by atoms with Crippen molar-refractivity contribution in [3.8, 4) is 0 Å². The van der Waals surface area contributed by atoms with E-state index < -0.39 is 6.09 Å². The predicted octanol–water partition coefficient (Wildman–Crippen LogP) is -0.802. The van der Waals surface area contributed by atoms with E-state index in [0.29, 0.717) is 6.54 Å². The Labute approximate surface area is 88.5 Å². The molecule has 0 saturated carbocycles. The van der Waals surface area contributed by atoms with Gasteiger partial charge in [-0.25, -0.2) is 4.79 Å². The van der Waals surface area contributed by atoms with E-state index in [1.807, 2.05) is 0 Å². The molecule has 0 spiro atoms. The van der Waals surface area contributed by atoms with E-state index in [1.165, 1.54) is 0 Å². The highest BCUT2D eigenvalue weighted by Crippen LogP contribution is 2.09. The largest absolute Gasteiger partial charge is 0.448 e. The quantitative estimate of drug-likeness (QED) is 0.535. The maximum atomic E-state index is 11.5. The Morgan fingerprint density at radius 2 is 2.33 bits per heavy atom. The molecule has 1 aliphatic heterocycles. The lowest BCUT2D eigenvalue weighted by Gasteiger charge is -2.21. The van der Waals surface area contributed by atoms with Crippen LogP contribution in [0.2, 0.25) is 0 Å². The molecular weight excluding hydrogens is 198 g/mol. The lowest BCUT2D eigenvalue weighted by atomic mass is 9.99. The lowest BCUT2D eigenvalue weighted by Crippen LogP contribution is -2.41. The molecule has 0 aliphatic carbocycles. The van der Waals surface area contributed by atoms with Crippen molar-refractivity contribution < 1.29 is 14.3 Å². The van der Waals surface area contributed by atoms with E-state index in [2.05, 4.69) is 15.4 Å². The molecule has 4 N–H and O–H groups in total. The highest BCUT2D eigenvalue weighted by Gasteiger charge is 2.20. The second-order valence-corrected chi connectivity index (χ2v) is 3.50. The second-order valence-electron chi connectivity index (χ2n) is 3.50. The number of hydrogen-bond donors (Lipinski definition) is 3. The Morgan fingerprint density at radius 3 is 2.93 bits per heavy atom. The van der Waals surface area contributed by atoms with Gasteiger partial charge in [0.1, 0.15) is 6.61 Å². The summed E-state index contributed by atoms with van der Waals surface area (Å²) >= 11 is 0. The van der Waals surface area contributed by atoms with Gasteiger partial charge in [0.05, 0.1) is 12.5 Å². The van der Waals surface area contributed by atoms with E-state index in [1.54, 1.807) is 0 Å². The van der Waals surface area contributed by atoms with Crippen LogP contribution in [0.1, 0.15) is 12.8 Å². The summed E-state index contributed by atoms with van der Waals surface area (Å²) in [5, 5.41) is 5.85. The standard InChI is InChI=1S/C9H17N3O3/c10-9(14)15-5-4-12-8(13)7-2-1-3-11-6-7/h7,11H,1-6H2,(H2,10,14)(H,12,13). The first kappa shape index (κ1) is 11.8. The zero-order valence-corrected chi connectivity index (χ0v) is 8.62. The van der Waals surface area contributed by atoms with E-state index in [-0.39, 0.29) is 18.4 Å². The third-order valence-electron chi connectivity index (χ3n) is 2.31. The van der Waals surface area contributed by atoms with Crippen LogP contribution in [-0.4, -0.2) is 38.2 Å². The van der Waals surface area contributed by atoms with E-state index >= 15 is 0 Å². The van der Waals surface area contributed by atoms with E-state index in [4.69, 9.17) is 5.73 Å². The third-order valence-corrected chi connectivity index (χ3v) is 2.31. The van der Waals surface area contributed by atoms with Crippen molar-refractivity contribution in [3.05, 3.63) is 0 Å². The molecule has 6 nitrogen and oxygen atoms in total. The average Bonchev–Trinajstić information content (AvgIpc) is 2.25. The van der Waals surface area contributed by atoms with Crippen LogP contribution in [0.4, 0.5) is 4.79 Å². The minimum Gasteiger partial charge on any atom is -0.448 e. The maximum absolute atomic E-state index is 11.5. The fraction of sp³-hybridized carbons (Fsp3) is 0.778. The summed E-state index contributed by atoms with van der Waals surface area (Å²) in [4.78, 5) is 21.7. The van der Waals surface area contributed by atoms with Gasteiger partial charge in [-0.15, -0.1) is 0 Å². The highest BCUT2D eigenvalue weighted by atomic mass is 16.5. The first-order valence-electron chi connectivity index (χ1n) is 5.11. The van der Waals surface area contributed by atoms with Crippen molar-refractivity contribution in [2.24, 2.45) is 11.7 Å². The number of rotatable bonds is 4. The molecule has 0 bridgehead atoms. The van der Waals surface area contributed by atoms with E-state index in [9.17, 15) is 9.59 Å². The first-order chi connectivity index (χ1) is 7.20. The van der Waals surface area contributed by atoms with Crippen LogP contribution < -0.4 is 16.4 Å². The maximum Gasteiger partial charge on any atom is 0.404 e. The average molecular weight is 215 g/mol. The van der Waals surface area contributed by atoms with Gasteiger partial charge >= 0.3 is 6.09 Å². The van der Waals surface area contributed by atoms with Gasteiger partial charge in [0, 0.05) is 6.54 Å². The molecule has 1 unspecified atom stereocenters. The lowest BCUT2D eigenvalue weighted by molar-refractivity contribution is -0.125. The molecule has 1 aliphatic rings. The van der Waals surface area contributed by atoms with Crippen LogP contribution in [0.15, 0.2) is 0 Å². The molecule has 0 aromatic rings. The third kappa shape index (κ3) is 4.64. The molecular formula is C9H17N3O3. The molecule has 1 rings (SSSR count). The van der Waals surface area contributed by atoms with Crippen LogP contribution >= 0.6 is 0 Å².